The average molecular weight is 309 g/mol. The summed E-state index contributed by atoms with van der Waals surface area (Å²) in [6.07, 6.45) is 4.76. The topological polar surface area (TPSA) is 67.5 Å². The van der Waals surface area contributed by atoms with Gasteiger partial charge < -0.3 is 11.1 Å². The quantitative estimate of drug-likeness (QED) is 0.396. The highest BCUT2D eigenvalue weighted by atomic mass is 32.2. The van der Waals surface area contributed by atoms with Gasteiger partial charge in [0, 0.05) is 35.4 Å². The van der Waals surface area contributed by atoms with Gasteiger partial charge in [-0.1, -0.05) is 56.5 Å². The van der Waals surface area contributed by atoms with Gasteiger partial charge in [0.1, 0.15) is 0 Å². The van der Waals surface area contributed by atoms with Gasteiger partial charge in [-0.25, -0.2) is 0 Å². The second-order valence-corrected chi connectivity index (χ2v) is 6.60. The monoisotopic (exact) mass is 309 g/mol. The Morgan fingerprint density at radius 3 is 2.71 bits per heavy atom. The third-order valence-corrected chi connectivity index (χ3v) is 4.41. The molecule has 1 atom stereocenters. The fourth-order valence-electron chi connectivity index (χ4n) is 1.92. The molecule has 1 rings (SSSR count). The first-order valence-electron chi connectivity index (χ1n) is 7.65. The van der Waals surface area contributed by atoms with Crippen molar-refractivity contribution >= 4 is 16.8 Å². The lowest BCUT2D eigenvalue weighted by atomic mass is 10.2. The van der Waals surface area contributed by atoms with E-state index in [-0.39, 0.29) is 0 Å². The standard InChI is InChI=1S/C16H27N3OS/c1-2-3-4-8-11-18-16(17)19-12-13-21(20)14-15-9-6-5-7-10-15/h5-7,9-10H,2-4,8,11-14H2,1H3,(H3,17,18,19). The van der Waals surface area contributed by atoms with Crippen LogP contribution in [-0.2, 0) is 16.6 Å². The molecule has 0 amide bonds. The number of rotatable bonds is 10. The Hall–Kier alpha value is -1.36. The van der Waals surface area contributed by atoms with E-state index in [0.29, 0.717) is 24.0 Å². The number of unbranched alkanes of at least 4 members (excludes halogenated alkanes) is 3. The van der Waals surface area contributed by atoms with E-state index < -0.39 is 10.8 Å². The van der Waals surface area contributed by atoms with E-state index in [9.17, 15) is 4.21 Å². The molecule has 0 bridgehead atoms. The summed E-state index contributed by atoms with van der Waals surface area (Å²) in [5.74, 6) is 1.64. The fourth-order valence-corrected chi connectivity index (χ4v) is 2.96. The molecule has 0 radical (unpaired) electrons. The van der Waals surface area contributed by atoms with Crippen molar-refractivity contribution in [2.75, 3.05) is 18.8 Å². The summed E-state index contributed by atoms with van der Waals surface area (Å²) in [5.41, 5.74) is 6.87. The van der Waals surface area contributed by atoms with Crippen molar-refractivity contribution in [1.82, 2.24) is 5.32 Å². The largest absolute Gasteiger partial charge is 0.370 e. The Morgan fingerprint density at radius 2 is 2.00 bits per heavy atom. The van der Waals surface area contributed by atoms with Crippen LogP contribution in [0, 0.1) is 0 Å². The molecule has 0 aliphatic carbocycles. The van der Waals surface area contributed by atoms with Crippen LogP contribution in [0.3, 0.4) is 0 Å². The Kier molecular flexibility index (Phi) is 9.53. The second-order valence-electron chi connectivity index (χ2n) is 5.03. The summed E-state index contributed by atoms with van der Waals surface area (Å²) in [6, 6.07) is 9.89. The Bertz CT molecular complexity index is 434. The maximum absolute atomic E-state index is 11.9. The van der Waals surface area contributed by atoms with Gasteiger partial charge in [0.25, 0.3) is 0 Å². The molecular weight excluding hydrogens is 282 g/mol. The summed E-state index contributed by atoms with van der Waals surface area (Å²) < 4.78 is 11.9. The molecule has 0 aliphatic rings. The van der Waals surface area contributed by atoms with Crippen molar-refractivity contribution in [2.45, 2.75) is 38.4 Å². The maximum Gasteiger partial charge on any atom is 0.188 e. The SMILES string of the molecule is CCCCCCN=C(N)NCCS(=O)Cc1ccccc1. The number of guanidine groups is 1. The molecule has 1 unspecified atom stereocenters. The second kappa shape index (κ2) is 11.3. The van der Waals surface area contributed by atoms with E-state index in [2.05, 4.69) is 17.2 Å². The van der Waals surface area contributed by atoms with Gasteiger partial charge in [-0.15, -0.1) is 0 Å². The smallest absolute Gasteiger partial charge is 0.188 e. The van der Waals surface area contributed by atoms with E-state index in [1.807, 2.05) is 30.3 Å². The van der Waals surface area contributed by atoms with Crippen molar-refractivity contribution in [2.24, 2.45) is 10.7 Å². The minimum Gasteiger partial charge on any atom is -0.370 e. The Labute approximate surface area is 130 Å². The summed E-state index contributed by atoms with van der Waals surface area (Å²) in [6.45, 7) is 3.56. The molecule has 0 spiro atoms. The first-order chi connectivity index (χ1) is 10.2. The van der Waals surface area contributed by atoms with Gasteiger partial charge in [0.05, 0.1) is 0 Å². The van der Waals surface area contributed by atoms with Gasteiger partial charge in [-0.05, 0) is 12.0 Å². The molecule has 0 aliphatic heterocycles. The highest BCUT2D eigenvalue weighted by Crippen LogP contribution is 2.02. The molecule has 1 aromatic rings. The molecule has 118 valence electrons. The van der Waals surface area contributed by atoms with Crippen LogP contribution in [0.2, 0.25) is 0 Å². The predicted molar refractivity (Wildman–Crippen MR) is 91.8 cm³/mol. The van der Waals surface area contributed by atoms with E-state index in [1.165, 1.54) is 19.3 Å². The molecule has 21 heavy (non-hydrogen) atoms. The number of hydrogen-bond donors (Lipinski definition) is 2. The summed E-state index contributed by atoms with van der Waals surface area (Å²) >= 11 is 0. The minimum atomic E-state index is -0.871. The van der Waals surface area contributed by atoms with Gasteiger partial charge in [0.2, 0.25) is 0 Å². The van der Waals surface area contributed by atoms with E-state index >= 15 is 0 Å². The number of hydrogen-bond acceptors (Lipinski definition) is 2. The third-order valence-electron chi connectivity index (χ3n) is 3.10. The zero-order valence-electron chi connectivity index (χ0n) is 12.9. The summed E-state index contributed by atoms with van der Waals surface area (Å²) in [5, 5.41) is 3.02. The van der Waals surface area contributed by atoms with Gasteiger partial charge in [-0.2, -0.15) is 0 Å². The van der Waals surface area contributed by atoms with Crippen molar-refractivity contribution in [1.29, 1.82) is 0 Å². The zero-order chi connectivity index (χ0) is 15.3. The number of aliphatic imine (C=N–C) groups is 1. The molecule has 3 N–H and O–H groups in total. The lowest BCUT2D eigenvalue weighted by Gasteiger charge is -2.06. The first kappa shape index (κ1) is 17.7. The molecule has 1 aromatic carbocycles. The predicted octanol–water partition coefficient (Wildman–Crippen LogP) is 2.42. The maximum atomic E-state index is 11.9. The Balaban J connectivity index is 2.12. The Morgan fingerprint density at radius 1 is 1.24 bits per heavy atom. The lowest BCUT2D eigenvalue weighted by Crippen LogP contribution is -2.34. The average Bonchev–Trinajstić information content (AvgIpc) is 2.48. The third kappa shape index (κ3) is 9.24. The van der Waals surface area contributed by atoms with Crippen molar-refractivity contribution in [3.05, 3.63) is 35.9 Å². The molecule has 0 saturated carbocycles. The van der Waals surface area contributed by atoms with Crippen LogP contribution in [0.25, 0.3) is 0 Å². The highest BCUT2D eigenvalue weighted by molar-refractivity contribution is 7.84. The molecule has 0 saturated heterocycles. The van der Waals surface area contributed by atoms with Crippen LogP contribution in [-0.4, -0.2) is 29.0 Å². The molecular formula is C16H27N3OS. The molecule has 0 heterocycles. The number of nitrogens with zero attached hydrogens (tertiary/aromatic N) is 1. The number of nitrogens with two attached hydrogens (primary N) is 1. The molecule has 5 heteroatoms. The van der Waals surface area contributed by atoms with Crippen molar-refractivity contribution in [3.8, 4) is 0 Å². The molecule has 0 aromatic heterocycles. The van der Waals surface area contributed by atoms with Gasteiger partial charge >= 0.3 is 0 Å². The van der Waals surface area contributed by atoms with Crippen LogP contribution in [0.1, 0.15) is 38.2 Å². The molecule has 4 nitrogen and oxygen atoms in total. The zero-order valence-corrected chi connectivity index (χ0v) is 13.7. The lowest BCUT2D eigenvalue weighted by molar-refractivity contribution is 0.673. The van der Waals surface area contributed by atoms with Gasteiger partial charge in [-0.3, -0.25) is 9.20 Å². The van der Waals surface area contributed by atoms with E-state index in [4.69, 9.17) is 5.73 Å². The first-order valence-corrected chi connectivity index (χ1v) is 9.14. The van der Waals surface area contributed by atoms with Crippen molar-refractivity contribution in [3.63, 3.8) is 0 Å². The normalized spacial score (nSPS) is 13.1. The number of nitrogens with one attached hydrogen (secondary N) is 1. The van der Waals surface area contributed by atoms with E-state index in [0.717, 1.165) is 18.5 Å². The van der Waals surface area contributed by atoms with Crippen molar-refractivity contribution < 1.29 is 4.21 Å². The van der Waals surface area contributed by atoms with Gasteiger partial charge in [0.15, 0.2) is 5.96 Å². The van der Waals surface area contributed by atoms with Crippen LogP contribution in [0.4, 0.5) is 0 Å². The van der Waals surface area contributed by atoms with Crippen LogP contribution >= 0.6 is 0 Å². The van der Waals surface area contributed by atoms with E-state index in [1.54, 1.807) is 0 Å². The summed E-state index contributed by atoms with van der Waals surface area (Å²) in [4.78, 5) is 4.26. The highest BCUT2D eigenvalue weighted by Gasteiger charge is 2.01. The van der Waals surface area contributed by atoms with Crippen LogP contribution < -0.4 is 11.1 Å². The van der Waals surface area contributed by atoms with Crippen LogP contribution in [0.15, 0.2) is 35.3 Å². The summed E-state index contributed by atoms with van der Waals surface area (Å²) in [7, 11) is -0.871. The minimum absolute atomic E-state index is 0.461. The fraction of sp³-hybridized carbons (Fsp3) is 0.562. The number of benzene rings is 1. The van der Waals surface area contributed by atoms with Crippen LogP contribution in [0.5, 0.6) is 0 Å². The molecule has 0 fully saturated rings.